The van der Waals surface area contributed by atoms with E-state index in [1.165, 1.54) is 0 Å². The normalized spacial score (nSPS) is 27.1. The highest BCUT2D eigenvalue weighted by molar-refractivity contribution is 9.10. The summed E-state index contributed by atoms with van der Waals surface area (Å²) in [5.41, 5.74) is 2.56. The zero-order valence-corrected chi connectivity index (χ0v) is 20.4. The Balaban J connectivity index is 1.41. The number of halogens is 1. The highest BCUT2D eigenvalue weighted by atomic mass is 79.9. The number of nitrogens with zero attached hydrogens (tertiary/aromatic N) is 1. The van der Waals surface area contributed by atoms with Crippen molar-refractivity contribution < 1.29 is 23.9 Å². The topological polar surface area (TPSA) is 92.8 Å². The van der Waals surface area contributed by atoms with Crippen LogP contribution >= 0.6 is 15.9 Å². The molecule has 3 fully saturated rings. The number of amides is 3. The average Bonchev–Trinajstić information content (AvgIpc) is 3.40. The van der Waals surface area contributed by atoms with Gasteiger partial charge in [0.1, 0.15) is 6.04 Å². The van der Waals surface area contributed by atoms with Crippen molar-refractivity contribution in [1.82, 2.24) is 4.90 Å². The molecule has 0 unspecified atom stereocenters. The fraction of sp³-hybridized carbons (Fsp3) is 0.583. The minimum absolute atomic E-state index is 0.242. The van der Waals surface area contributed by atoms with Gasteiger partial charge in [0, 0.05) is 10.2 Å². The summed E-state index contributed by atoms with van der Waals surface area (Å²) in [4.78, 5) is 52.7. The van der Waals surface area contributed by atoms with Gasteiger partial charge in [-0.15, -0.1) is 0 Å². The minimum Gasteiger partial charge on any atom is -0.454 e. The predicted molar refractivity (Wildman–Crippen MR) is 121 cm³/mol. The van der Waals surface area contributed by atoms with Crippen LogP contribution in [0.2, 0.25) is 0 Å². The van der Waals surface area contributed by atoms with Crippen molar-refractivity contribution in [2.45, 2.75) is 53.0 Å². The first-order chi connectivity index (χ1) is 15.1. The number of rotatable bonds is 6. The van der Waals surface area contributed by atoms with Crippen LogP contribution < -0.4 is 5.32 Å². The lowest BCUT2D eigenvalue weighted by Gasteiger charge is -2.28. The molecule has 0 radical (unpaired) electrons. The maximum Gasteiger partial charge on any atom is 0.330 e. The lowest BCUT2D eigenvalue weighted by atomic mass is 9.81. The largest absolute Gasteiger partial charge is 0.454 e. The zero-order chi connectivity index (χ0) is 23.3. The highest BCUT2D eigenvalue weighted by Crippen LogP contribution is 2.56. The van der Waals surface area contributed by atoms with Crippen LogP contribution in [0.3, 0.4) is 0 Å². The molecule has 4 rings (SSSR count). The van der Waals surface area contributed by atoms with Gasteiger partial charge in [0.2, 0.25) is 11.8 Å². The molecule has 5 atom stereocenters. The number of ether oxygens (including phenoxy) is 1. The second-order valence-corrected chi connectivity index (χ2v) is 10.5. The molecule has 3 amide bonds. The molecule has 7 nitrogen and oxygen atoms in total. The van der Waals surface area contributed by atoms with Gasteiger partial charge in [0.05, 0.1) is 11.8 Å². The van der Waals surface area contributed by atoms with E-state index in [2.05, 4.69) is 21.2 Å². The lowest BCUT2D eigenvalue weighted by Crippen LogP contribution is -2.50. The van der Waals surface area contributed by atoms with E-state index in [-0.39, 0.29) is 41.4 Å². The van der Waals surface area contributed by atoms with Gasteiger partial charge < -0.3 is 10.1 Å². The van der Waals surface area contributed by atoms with Crippen LogP contribution in [-0.4, -0.2) is 41.2 Å². The first-order valence-corrected chi connectivity index (χ1v) is 12.0. The summed E-state index contributed by atoms with van der Waals surface area (Å²) >= 11 is 3.49. The third-order valence-electron chi connectivity index (χ3n) is 7.18. The summed E-state index contributed by atoms with van der Waals surface area (Å²) in [5, 5.41) is 2.73. The molecule has 1 aromatic rings. The smallest absolute Gasteiger partial charge is 0.330 e. The third-order valence-corrected chi connectivity index (χ3v) is 8.43. The quantitative estimate of drug-likeness (QED) is 0.471. The molecule has 0 aromatic heterocycles. The first-order valence-electron chi connectivity index (χ1n) is 11.2. The molecule has 1 aromatic carbocycles. The van der Waals surface area contributed by atoms with Crippen molar-refractivity contribution in [3.63, 3.8) is 0 Å². The van der Waals surface area contributed by atoms with Crippen LogP contribution in [-0.2, 0) is 23.9 Å². The summed E-state index contributed by atoms with van der Waals surface area (Å²) in [6, 6.07) is 2.63. The van der Waals surface area contributed by atoms with Crippen LogP contribution in [0, 0.1) is 43.4 Å². The fourth-order valence-electron chi connectivity index (χ4n) is 5.82. The van der Waals surface area contributed by atoms with Gasteiger partial charge in [0.15, 0.2) is 6.61 Å². The van der Waals surface area contributed by atoms with E-state index in [0.717, 1.165) is 39.8 Å². The average molecular weight is 505 g/mol. The van der Waals surface area contributed by atoms with E-state index in [9.17, 15) is 19.2 Å². The van der Waals surface area contributed by atoms with Gasteiger partial charge in [-0.25, -0.2) is 4.79 Å². The molecule has 2 saturated carbocycles. The van der Waals surface area contributed by atoms with Crippen molar-refractivity contribution in [2.24, 2.45) is 29.6 Å². The Hall–Kier alpha value is -2.22. The van der Waals surface area contributed by atoms with Gasteiger partial charge in [-0.05, 0) is 74.1 Å². The Kier molecular flexibility index (Phi) is 6.18. The van der Waals surface area contributed by atoms with E-state index < -0.39 is 24.5 Å². The van der Waals surface area contributed by atoms with E-state index in [1.54, 1.807) is 13.8 Å². The molecular weight excluding hydrogens is 476 g/mol. The molecule has 1 aliphatic heterocycles. The summed E-state index contributed by atoms with van der Waals surface area (Å²) in [6.07, 6.45) is 2.89. The monoisotopic (exact) mass is 504 g/mol. The van der Waals surface area contributed by atoms with Crippen molar-refractivity contribution in [1.29, 1.82) is 0 Å². The number of anilines is 1. The molecule has 0 spiro atoms. The van der Waals surface area contributed by atoms with Gasteiger partial charge in [-0.1, -0.05) is 29.8 Å². The Labute approximate surface area is 196 Å². The zero-order valence-electron chi connectivity index (χ0n) is 18.8. The molecule has 8 heteroatoms. The maximum atomic E-state index is 13.1. The summed E-state index contributed by atoms with van der Waals surface area (Å²) in [6.45, 7) is 6.92. The number of imide groups is 1. The molecule has 32 heavy (non-hydrogen) atoms. The van der Waals surface area contributed by atoms with Crippen LogP contribution in [0.25, 0.3) is 0 Å². The second-order valence-electron chi connectivity index (χ2n) is 9.70. The Bertz CT molecular complexity index is 940. The van der Waals surface area contributed by atoms with Crippen LogP contribution in [0.1, 0.15) is 44.2 Å². The predicted octanol–water partition coefficient (Wildman–Crippen LogP) is 3.60. The standard InChI is InChI=1S/C24H29BrN2O5/c1-11(2)21(27-22(29)18-14-5-6-15(9-14)19(18)23(27)30)24(31)32-10-17(28)26-16-7-12(3)20(25)13(4)8-16/h7-8,11,14-15,18-19,21H,5-6,9-10H2,1-4H3,(H,26,28)/t14-,15-,18+,19+,21-/m0/s1. The number of fused-ring (bicyclic) bond motifs is 5. The van der Waals surface area contributed by atoms with Gasteiger partial charge >= 0.3 is 5.97 Å². The number of hydrogen-bond acceptors (Lipinski definition) is 5. The molecule has 1 saturated heterocycles. The van der Waals surface area contributed by atoms with Gasteiger partial charge in [-0.2, -0.15) is 0 Å². The van der Waals surface area contributed by atoms with Crippen molar-refractivity contribution in [2.75, 3.05) is 11.9 Å². The molecule has 2 aliphatic carbocycles. The van der Waals surface area contributed by atoms with Gasteiger partial charge in [-0.3, -0.25) is 19.3 Å². The summed E-state index contributed by atoms with van der Waals surface area (Å²) < 4.78 is 6.25. The number of nitrogens with one attached hydrogen (secondary N) is 1. The Morgan fingerprint density at radius 3 is 2.12 bits per heavy atom. The fourth-order valence-corrected chi connectivity index (χ4v) is 6.05. The molecule has 1 N–H and O–H groups in total. The Morgan fingerprint density at radius 2 is 1.62 bits per heavy atom. The van der Waals surface area contributed by atoms with Crippen molar-refractivity contribution >= 4 is 45.3 Å². The summed E-state index contributed by atoms with van der Waals surface area (Å²) in [7, 11) is 0. The van der Waals surface area contributed by atoms with E-state index in [0.29, 0.717) is 5.69 Å². The number of benzene rings is 1. The van der Waals surface area contributed by atoms with Crippen LogP contribution in [0.4, 0.5) is 5.69 Å². The molecule has 172 valence electrons. The third kappa shape index (κ3) is 3.87. The second kappa shape index (κ2) is 8.61. The number of carbonyl (C=O) groups is 4. The first kappa shape index (κ1) is 23.0. The number of aryl methyl sites for hydroxylation is 2. The Morgan fingerprint density at radius 1 is 1.09 bits per heavy atom. The van der Waals surface area contributed by atoms with E-state index in [4.69, 9.17) is 4.74 Å². The summed E-state index contributed by atoms with van der Waals surface area (Å²) in [5.74, 6) is -2.07. The van der Waals surface area contributed by atoms with Gasteiger partial charge in [0.25, 0.3) is 5.91 Å². The van der Waals surface area contributed by atoms with Crippen molar-refractivity contribution in [3.8, 4) is 0 Å². The van der Waals surface area contributed by atoms with Crippen LogP contribution in [0.5, 0.6) is 0 Å². The van der Waals surface area contributed by atoms with E-state index >= 15 is 0 Å². The molecular formula is C24H29BrN2O5. The number of likely N-dealkylation sites (tertiary alicyclic amines) is 1. The SMILES string of the molecule is Cc1cc(NC(=O)COC(=O)[C@H](C(C)C)N2C(=O)[C@@H]3[C@H]4CC[C@@H](C4)[C@H]3C2=O)cc(C)c1Br. The molecule has 3 aliphatic rings. The lowest BCUT2D eigenvalue weighted by molar-refractivity contribution is -0.162. The van der Waals surface area contributed by atoms with Crippen molar-refractivity contribution in [3.05, 3.63) is 27.7 Å². The number of carbonyl (C=O) groups excluding carboxylic acids is 4. The highest BCUT2D eigenvalue weighted by Gasteiger charge is 2.62. The number of esters is 1. The molecule has 2 bridgehead atoms. The van der Waals surface area contributed by atoms with Crippen LogP contribution in [0.15, 0.2) is 16.6 Å². The maximum absolute atomic E-state index is 13.1. The minimum atomic E-state index is -1.01. The van der Waals surface area contributed by atoms with E-state index in [1.807, 2.05) is 26.0 Å². The number of hydrogen-bond donors (Lipinski definition) is 1. The molecule has 1 heterocycles.